The molecule has 1 unspecified atom stereocenters. The van der Waals surface area contributed by atoms with Crippen molar-refractivity contribution in [2.75, 3.05) is 13.1 Å². The number of rotatable bonds is 3. The van der Waals surface area contributed by atoms with Gasteiger partial charge >= 0.3 is 0 Å². The summed E-state index contributed by atoms with van der Waals surface area (Å²) in [4.78, 5) is 10.9. The van der Waals surface area contributed by atoms with Gasteiger partial charge < -0.3 is 5.32 Å². The largest absolute Gasteiger partial charge is 0.352 e. The third-order valence-corrected chi connectivity index (χ3v) is 6.36. The first-order valence-electron chi connectivity index (χ1n) is 6.13. The van der Waals surface area contributed by atoms with Crippen LogP contribution in [0.5, 0.6) is 0 Å². The lowest BCUT2D eigenvalue weighted by molar-refractivity contribution is -0.119. The molecule has 1 amide bonds. The number of benzene rings is 1. The van der Waals surface area contributed by atoms with E-state index in [-0.39, 0.29) is 33.4 Å². The fraction of sp³-hybridized carbons (Fsp3) is 0.417. The molecule has 0 aromatic heterocycles. The van der Waals surface area contributed by atoms with Crippen molar-refractivity contribution in [3.05, 3.63) is 26.7 Å². The quantitative estimate of drug-likeness (QED) is 0.825. The highest BCUT2D eigenvalue weighted by atomic mass is 79.9. The van der Waals surface area contributed by atoms with Gasteiger partial charge in [0.25, 0.3) is 0 Å². The standard InChI is InChI=1S/C12H13BrCl2N2O3S/c1-7(18)16-9-2-3-17(6-9)21(19,20)12-10(14)4-8(13)5-11(12)15/h4-5,9H,2-3,6H2,1H3,(H,16,18). The van der Waals surface area contributed by atoms with E-state index in [1.54, 1.807) is 0 Å². The van der Waals surface area contributed by atoms with Crippen molar-refractivity contribution in [1.29, 1.82) is 0 Å². The number of amides is 1. The van der Waals surface area contributed by atoms with Crippen molar-refractivity contribution in [1.82, 2.24) is 9.62 Å². The molecule has 1 heterocycles. The van der Waals surface area contributed by atoms with Crippen LogP contribution >= 0.6 is 39.1 Å². The van der Waals surface area contributed by atoms with Crippen LogP contribution in [0.25, 0.3) is 0 Å². The number of carbonyl (C=O) groups excluding carboxylic acids is 1. The summed E-state index contributed by atoms with van der Waals surface area (Å²) in [5, 5.41) is 2.85. The van der Waals surface area contributed by atoms with Crippen LogP contribution in [-0.4, -0.2) is 37.8 Å². The van der Waals surface area contributed by atoms with Crippen LogP contribution in [0.4, 0.5) is 0 Å². The summed E-state index contributed by atoms with van der Waals surface area (Å²) in [7, 11) is -3.79. The zero-order valence-electron chi connectivity index (χ0n) is 11.1. The molecule has 0 bridgehead atoms. The Labute approximate surface area is 141 Å². The van der Waals surface area contributed by atoms with E-state index in [2.05, 4.69) is 21.2 Å². The van der Waals surface area contributed by atoms with Crippen LogP contribution in [0.15, 0.2) is 21.5 Å². The predicted octanol–water partition coefficient (Wildman–Crippen LogP) is 2.66. The zero-order valence-corrected chi connectivity index (χ0v) is 15.0. The summed E-state index contributed by atoms with van der Waals surface area (Å²) in [6.07, 6.45) is 0.560. The van der Waals surface area contributed by atoms with Gasteiger partial charge in [-0.05, 0) is 18.6 Å². The van der Waals surface area contributed by atoms with E-state index < -0.39 is 10.0 Å². The van der Waals surface area contributed by atoms with Gasteiger partial charge in [-0.1, -0.05) is 39.1 Å². The molecule has 21 heavy (non-hydrogen) atoms. The van der Waals surface area contributed by atoms with Gasteiger partial charge in [0.1, 0.15) is 4.90 Å². The van der Waals surface area contributed by atoms with Crippen molar-refractivity contribution >= 4 is 55.1 Å². The molecule has 1 N–H and O–H groups in total. The molecule has 1 aromatic carbocycles. The first-order valence-corrected chi connectivity index (χ1v) is 9.12. The number of sulfonamides is 1. The fourth-order valence-corrected chi connectivity index (χ4v) is 5.64. The summed E-state index contributed by atoms with van der Waals surface area (Å²) in [6, 6.07) is 2.79. The molecule has 0 saturated carbocycles. The Balaban J connectivity index is 2.30. The smallest absolute Gasteiger partial charge is 0.246 e. The van der Waals surface area contributed by atoms with Gasteiger partial charge in [0.15, 0.2) is 0 Å². The van der Waals surface area contributed by atoms with Crippen molar-refractivity contribution in [2.45, 2.75) is 24.3 Å². The second-order valence-electron chi connectivity index (χ2n) is 4.75. The molecular formula is C12H13BrCl2N2O3S. The molecule has 116 valence electrons. The molecular weight excluding hydrogens is 403 g/mol. The minimum absolute atomic E-state index is 0.0670. The highest BCUT2D eigenvalue weighted by Crippen LogP contribution is 2.35. The first-order chi connectivity index (χ1) is 9.71. The Morgan fingerprint density at radius 3 is 2.48 bits per heavy atom. The molecule has 1 aliphatic rings. The zero-order chi connectivity index (χ0) is 15.8. The average Bonchev–Trinajstić information content (AvgIpc) is 2.75. The first kappa shape index (κ1) is 17.0. The van der Waals surface area contributed by atoms with E-state index in [0.29, 0.717) is 17.4 Å². The van der Waals surface area contributed by atoms with E-state index in [4.69, 9.17) is 23.2 Å². The molecule has 0 spiro atoms. The molecule has 1 aliphatic heterocycles. The summed E-state index contributed by atoms with van der Waals surface area (Å²) < 4.78 is 27.2. The lowest BCUT2D eigenvalue weighted by Gasteiger charge is -2.18. The van der Waals surface area contributed by atoms with Gasteiger partial charge in [0.2, 0.25) is 15.9 Å². The summed E-state index contributed by atoms with van der Waals surface area (Å²) in [5.41, 5.74) is 0. The molecule has 1 atom stereocenters. The maximum absolute atomic E-state index is 12.6. The molecule has 1 aromatic rings. The monoisotopic (exact) mass is 414 g/mol. The van der Waals surface area contributed by atoms with Crippen LogP contribution in [0, 0.1) is 0 Å². The van der Waals surface area contributed by atoms with Crippen molar-refractivity contribution in [3.8, 4) is 0 Å². The van der Waals surface area contributed by atoms with E-state index in [1.165, 1.54) is 23.4 Å². The minimum Gasteiger partial charge on any atom is -0.352 e. The maximum Gasteiger partial charge on any atom is 0.246 e. The molecule has 9 heteroatoms. The number of nitrogens with zero attached hydrogens (tertiary/aromatic N) is 1. The number of hydrogen-bond acceptors (Lipinski definition) is 3. The highest BCUT2D eigenvalue weighted by molar-refractivity contribution is 9.10. The van der Waals surface area contributed by atoms with Crippen LogP contribution < -0.4 is 5.32 Å². The molecule has 1 fully saturated rings. The summed E-state index contributed by atoms with van der Waals surface area (Å²) >= 11 is 15.3. The normalized spacial score (nSPS) is 19.7. The van der Waals surface area contributed by atoms with E-state index >= 15 is 0 Å². The van der Waals surface area contributed by atoms with Crippen LogP contribution in [0.2, 0.25) is 10.0 Å². The average molecular weight is 416 g/mol. The lowest BCUT2D eigenvalue weighted by atomic mass is 10.3. The second-order valence-corrected chi connectivity index (χ2v) is 8.35. The highest BCUT2D eigenvalue weighted by Gasteiger charge is 2.35. The van der Waals surface area contributed by atoms with Gasteiger partial charge in [0, 0.05) is 30.5 Å². The van der Waals surface area contributed by atoms with Gasteiger partial charge in [-0.2, -0.15) is 4.31 Å². The third kappa shape index (κ3) is 3.71. The predicted molar refractivity (Wildman–Crippen MR) is 85.1 cm³/mol. The molecule has 0 aliphatic carbocycles. The van der Waals surface area contributed by atoms with Gasteiger partial charge in [-0.3, -0.25) is 4.79 Å². The Bertz CT molecular complexity index is 658. The topological polar surface area (TPSA) is 66.5 Å². The van der Waals surface area contributed by atoms with Gasteiger partial charge in [-0.15, -0.1) is 0 Å². The molecule has 5 nitrogen and oxygen atoms in total. The van der Waals surface area contributed by atoms with Crippen LogP contribution in [0.3, 0.4) is 0 Å². The summed E-state index contributed by atoms with van der Waals surface area (Å²) in [5.74, 6) is -0.182. The lowest BCUT2D eigenvalue weighted by Crippen LogP contribution is -2.37. The van der Waals surface area contributed by atoms with Crippen molar-refractivity contribution in [3.63, 3.8) is 0 Å². The molecule has 0 radical (unpaired) electrons. The number of halogens is 3. The van der Waals surface area contributed by atoms with Crippen molar-refractivity contribution in [2.24, 2.45) is 0 Å². The van der Waals surface area contributed by atoms with E-state index in [0.717, 1.165) is 0 Å². The van der Waals surface area contributed by atoms with Crippen molar-refractivity contribution < 1.29 is 13.2 Å². The summed E-state index contributed by atoms with van der Waals surface area (Å²) in [6.45, 7) is 1.93. The Morgan fingerprint density at radius 2 is 1.95 bits per heavy atom. The molecule has 2 rings (SSSR count). The van der Waals surface area contributed by atoms with Gasteiger partial charge in [-0.25, -0.2) is 8.42 Å². The second kappa shape index (κ2) is 6.42. The van der Waals surface area contributed by atoms with E-state index in [1.807, 2.05) is 0 Å². The SMILES string of the molecule is CC(=O)NC1CCN(S(=O)(=O)c2c(Cl)cc(Br)cc2Cl)C1. The maximum atomic E-state index is 12.6. The number of nitrogens with one attached hydrogen (secondary N) is 1. The van der Waals surface area contributed by atoms with Crippen LogP contribution in [0.1, 0.15) is 13.3 Å². The Morgan fingerprint density at radius 1 is 1.38 bits per heavy atom. The Kier molecular flexibility index (Phi) is 5.20. The van der Waals surface area contributed by atoms with Crippen LogP contribution in [-0.2, 0) is 14.8 Å². The minimum atomic E-state index is -3.79. The number of hydrogen-bond donors (Lipinski definition) is 1. The van der Waals surface area contributed by atoms with Gasteiger partial charge in [0.05, 0.1) is 10.0 Å². The van der Waals surface area contributed by atoms with E-state index in [9.17, 15) is 13.2 Å². The molecule has 1 saturated heterocycles. The Hall–Kier alpha value is -0.340. The fourth-order valence-electron chi connectivity index (χ4n) is 2.26. The third-order valence-electron chi connectivity index (χ3n) is 3.12. The number of carbonyl (C=O) groups is 1.